The molecule has 0 bridgehead atoms. The van der Waals surface area contributed by atoms with Crippen LogP contribution in [0.15, 0.2) is 18.2 Å². The zero-order valence-corrected chi connectivity index (χ0v) is 12.8. The Kier molecular flexibility index (Phi) is 6.16. The Balaban J connectivity index is 2.84. The van der Waals surface area contributed by atoms with Gasteiger partial charge in [0.15, 0.2) is 0 Å². The zero-order valence-electron chi connectivity index (χ0n) is 12.8. The third-order valence-corrected chi connectivity index (χ3v) is 3.39. The molecule has 0 aliphatic carbocycles. The van der Waals surface area contributed by atoms with Gasteiger partial charge in [0.1, 0.15) is 11.4 Å². The number of carbonyl (C=O) groups is 1. The molecule has 2 N–H and O–H groups in total. The molecule has 5 heteroatoms. The Bertz CT molecular complexity index is 539. The predicted octanol–water partition coefficient (Wildman–Crippen LogP) is 3.46. The molecule has 1 rings (SSSR count). The van der Waals surface area contributed by atoms with Crippen LogP contribution in [0, 0.1) is 17.1 Å². The first-order valence-electron chi connectivity index (χ1n) is 7.17. The molecule has 21 heavy (non-hydrogen) atoms. The van der Waals surface area contributed by atoms with Gasteiger partial charge >= 0.3 is 0 Å². The number of nitrogens with zero attached hydrogens (tertiary/aromatic N) is 1. The molecule has 0 aliphatic rings. The minimum absolute atomic E-state index is 0.00677. The first-order valence-corrected chi connectivity index (χ1v) is 7.17. The molecule has 0 fully saturated rings. The van der Waals surface area contributed by atoms with Crippen molar-refractivity contribution in [2.24, 2.45) is 0 Å². The maximum Gasteiger partial charge on any atom is 0.253 e. The van der Waals surface area contributed by atoms with Crippen LogP contribution in [0.1, 0.15) is 49.9 Å². The average molecular weight is 291 g/mol. The Morgan fingerprint density at radius 1 is 1.43 bits per heavy atom. The molecule has 0 aromatic heterocycles. The smallest absolute Gasteiger partial charge is 0.253 e. The SMILES string of the molecule is CCCCCC(C)(C#N)Nc1ccc(C(=O)NC)c(F)c1. The molecule has 0 heterocycles. The van der Waals surface area contributed by atoms with Crippen LogP contribution in [0.2, 0.25) is 0 Å². The number of nitriles is 1. The predicted molar refractivity (Wildman–Crippen MR) is 81.6 cm³/mol. The topological polar surface area (TPSA) is 64.9 Å². The van der Waals surface area contributed by atoms with Gasteiger partial charge in [-0.3, -0.25) is 4.79 Å². The van der Waals surface area contributed by atoms with E-state index in [0.717, 1.165) is 19.3 Å². The Morgan fingerprint density at radius 3 is 2.67 bits per heavy atom. The van der Waals surface area contributed by atoms with E-state index in [1.54, 1.807) is 13.0 Å². The minimum atomic E-state index is -0.740. The summed E-state index contributed by atoms with van der Waals surface area (Å²) in [5.74, 6) is -1.07. The van der Waals surface area contributed by atoms with Gasteiger partial charge in [-0.25, -0.2) is 4.39 Å². The second kappa shape index (κ2) is 7.63. The van der Waals surface area contributed by atoms with Crippen molar-refractivity contribution in [1.82, 2.24) is 5.32 Å². The second-order valence-corrected chi connectivity index (χ2v) is 5.30. The summed E-state index contributed by atoms with van der Waals surface area (Å²) in [5, 5.41) is 14.8. The highest BCUT2D eigenvalue weighted by Crippen LogP contribution is 2.22. The lowest BCUT2D eigenvalue weighted by molar-refractivity contribution is 0.0959. The largest absolute Gasteiger partial charge is 0.367 e. The van der Waals surface area contributed by atoms with Crippen LogP contribution in [-0.2, 0) is 0 Å². The third-order valence-electron chi connectivity index (χ3n) is 3.39. The van der Waals surface area contributed by atoms with Crippen molar-refractivity contribution in [3.8, 4) is 6.07 Å². The lowest BCUT2D eigenvalue weighted by Crippen LogP contribution is -2.33. The molecule has 114 valence electrons. The van der Waals surface area contributed by atoms with Gasteiger partial charge in [0.2, 0.25) is 0 Å². The van der Waals surface area contributed by atoms with Crippen molar-refractivity contribution in [2.45, 2.75) is 45.1 Å². The first kappa shape index (κ1) is 17.0. The van der Waals surface area contributed by atoms with E-state index in [-0.39, 0.29) is 5.56 Å². The van der Waals surface area contributed by atoms with E-state index in [2.05, 4.69) is 23.6 Å². The summed E-state index contributed by atoms with van der Waals surface area (Å²) >= 11 is 0. The van der Waals surface area contributed by atoms with Crippen molar-refractivity contribution < 1.29 is 9.18 Å². The van der Waals surface area contributed by atoms with Crippen molar-refractivity contribution in [3.05, 3.63) is 29.6 Å². The third kappa shape index (κ3) is 4.75. The molecule has 1 amide bonds. The van der Waals surface area contributed by atoms with Gasteiger partial charge in [-0.15, -0.1) is 0 Å². The minimum Gasteiger partial charge on any atom is -0.367 e. The number of hydrogen-bond donors (Lipinski definition) is 2. The highest BCUT2D eigenvalue weighted by atomic mass is 19.1. The van der Waals surface area contributed by atoms with Crippen LogP contribution in [-0.4, -0.2) is 18.5 Å². The summed E-state index contributed by atoms with van der Waals surface area (Å²) in [6, 6.07) is 6.52. The number of nitrogens with one attached hydrogen (secondary N) is 2. The lowest BCUT2D eigenvalue weighted by Gasteiger charge is -2.24. The molecule has 0 saturated carbocycles. The number of rotatable bonds is 7. The number of benzene rings is 1. The van der Waals surface area contributed by atoms with Gasteiger partial charge in [0.25, 0.3) is 5.91 Å². The maximum absolute atomic E-state index is 13.9. The number of anilines is 1. The summed E-state index contributed by atoms with van der Waals surface area (Å²) in [6.45, 7) is 3.90. The second-order valence-electron chi connectivity index (χ2n) is 5.30. The van der Waals surface area contributed by atoms with E-state index in [4.69, 9.17) is 0 Å². The highest BCUT2D eigenvalue weighted by Gasteiger charge is 2.23. The monoisotopic (exact) mass is 291 g/mol. The number of hydrogen-bond acceptors (Lipinski definition) is 3. The molecule has 0 radical (unpaired) electrons. The normalized spacial score (nSPS) is 13.1. The molecule has 1 unspecified atom stereocenters. The standard InChI is InChI=1S/C16H22FN3O/c1-4-5-6-9-16(2,11-18)20-12-7-8-13(14(17)10-12)15(21)19-3/h7-8,10,20H,4-6,9H2,1-3H3,(H,19,21). The van der Waals surface area contributed by atoms with E-state index < -0.39 is 17.3 Å². The average Bonchev–Trinajstić information content (AvgIpc) is 2.47. The number of halogens is 1. The molecule has 1 aromatic rings. The van der Waals surface area contributed by atoms with Crippen LogP contribution in [0.3, 0.4) is 0 Å². The van der Waals surface area contributed by atoms with Crippen LogP contribution >= 0.6 is 0 Å². The summed E-state index contributed by atoms with van der Waals surface area (Å²) in [4.78, 5) is 11.4. The maximum atomic E-state index is 13.9. The van der Waals surface area contributed by atoms with E-state index in [1.807, 2.05) is 0 Å². The summed E-state index contributed by atoms with van der Waals surface area (Å²) in [7, 11) is 1.45. The van der Waals surface area contributed by atoms with Gasteiger partial charge in [0, 0.05) is 12.7 Å². The molecular weight excluding hydrogens is 269 g/mol. The van der Waals surface area contributed by atoms with E-state index in [1.165, 1.54) is 19.2 Å². The van der Waals surface area contributed by atoms with Crippen molar-refractivity contribution in [1.29, 1.82) is 5.26 Å². The molecule has 1 aromatic carbocycles. The van der Waals surface area contributed by atoms with E-state index in [0.29, 0.717) is 12.1 Å². The number of unbranched alkanes of at least 4 members (excludes halogenated alkanes) is 2. The van der Waals surface area contributed by atoms with Gasteiger partial charge < -0.3 is 10.6 Å². The van der Waals surface area contributed by atoms with E-state index >= 15 is 0 Å². The zero-order chi connectivity index (χ0) is 15.9. The first-order chi connectivity index (χ1) is 9.95. The van der Waals surface area contributed by atoms with E-state index in [9.17, 15) is 14.4 Å². The van der Waals surface area contributed by atoms with Crippen LogP contribution < -0.4 is 10.6 Å². The van der Waals surface area contributed by atoms with Gasteiger partial charge in [0.05, 0.1) is 11.6 Å². The summed E-state index contributed by atoms with van der Waals surface area (Å²) < 4.78 is 13.9. The summed E-state index contributed by atoms with van der Waals surface area (Å²) in [6.07, 6.45) is 3.77. The van der Waals surface area contributed by atoms with Crippen LogP contribution in [0.4, 0.5) is 10.1 Å². The Morgan fingerprint density at radius 2 is 2.14 bits per heavy atom. The fraction of sp³-hybridized carbons (Fsp3) is 0.500. The van der Waals surface area contributed by atoms with Gasteiger partial charge in [-0.05, 0) is 31.5 Å². The number of carbonyl (C=O) groups excluding carboxylic acids is 1. The van der Waals surface area contributed by atoms with Crippen molar-refractivity contribution in [2.75, 3.05) is 12.4 Å². The quantitative estimate of drug-likeness (QED) is 0.756. The van der Waals surface area contributed by atoms with Crippen LogP contribution in [0.25, 0.3) is 0 Å². The summed E-state index contributed by atoms with van der Waals surface area (Å²) in [5.41, 5.74) is -0.246. The molecule has 4 nitrogen and oxygen atoms in total. The highest BCUT2D eigenvalue weighted by molar-refractivity contribution is 5.94. The van der Waals surface area contributed by atoms with Crippen LogP contribution in [0.5, 0.6) is 0 Å². The Labute approximate surface area is 125 Å². The van der Waals surface area contributed by atoms with Gasteiger partial charge in [-0.1, -0.05) is 26.2 Å². The fourth-order valence-corrected chi connectivity index (χ4v) is 2.11. The molecule has 0 aliphatic heterocycles. The molecule has 0 spiro atoms. The van der Waals surface area contributed by atoms with Crippen molar-refractivity contribution >= 4 is 11.6 Å². The Hall–Kier alpha value is -2.09. The molecular formula is C16H22FN3O. The molecule has 0 saturated heterocycles. The fourth-order valence-electron chi connectivity index (χ4n) is 2.11. The van der Waals surface area contributed by atoms with Gasteiger partial charge in [-0.2, -0.15) is 5.26 Å². The van der Waals surface area contributed by atoms with Crippen molar-refractivity contribution in [3.63, 3.8) is 0 Å². The molecule has 1 atom stereocenters. The lowest BCUT2D eigenvalue weighted by atomic mass is 9.95. The number of amides is 1.